The van der Waals surface area contributed by atoms with Crippen LogP contribution in [0.3, 0.4) is 0 Å². The van der Waals surface area contributed by atoms with Gasteiger partial charge in [-0.1, -0.05) is 17.9 Å². The number of hydrogen-bond donors (Lipinski definition) is 2. The lowest BCUT2D eigenvalue weighted by Gasteiger charge is -2.16. The predicted octanol–water partition coefficient (Wildman–Crippen LogP) is 0.676. The van der Waals surface area contributed by atoms with E-state index in [1.807, 2.05) is 6.07 Å². The third-order valence-corrected chi connectivity index (χ3v) is 2.40. The van der Waals surface area contributed by atoms with Crippen LogP contribution in [-0.4, -0.2) is 18.3 Å². The van der Waals surface area contributed by atoms with Crippen molar-refractivity contribution in [3.05, 3.63) is 34.9 Å². The average Bonchev–Trinajstić information content (AvgIpc) is 2.26. The molecule has 72 valence electrons. The van der Waals surface area contributed by atoms with Crippen molar-refractivity contribution in [1.82, 2.24) is 5.32 Å². The van der Waals surface area contributed by atoms with E-state index in [4.69, 9.17) is 5.11 Å². The van der Waals surface area contributed by atoms with Gasteiger partial charge in [-0.15, -0.1) is 0 Å². The highest BCUT2D eigenvalue weighted by atomic mass is 16.2. The maximum Gasteiger partial charge on any atom is 0.104 e. The van der Waals surface area contributed by atoms with Gasteiger partial charge in [0, 0.05) is 12.1 Å². The predicted molar refractivity (Wildman–Crippen MR) is 55.8 cm³/mol. The summed E-state index contributed by atoms with van der Waals surface area (Å²) < 4.78 is 0. The van der Waals surface area contributed by atoms with E-state index in [2.05, 4.69) is 29.3 Å². The Morgan fingerprint density at radius 2 is 2.29 bits per heavy atom. The highest BCUT2D eigenvalue weighted by Gasteiger charge is 2.07. The summed E-state index contributed by atoms with van der Waals surface area (Å²) in [5.74, 6) is 5.57. The Balaban J connectivity index is 2.29. The standard InChI is InChI=1S/C12H13NO/c14-7-1-2-10-3-4-11-5-6-13-9-12(11)8-10/h3-4,8,13-14H,5-7,9H2. The van der Waals surface area contributed by atoms with Crippen LogP contribution in [0.1, 0.15) is 16.7 Å². The Morgan fingerprint density at radius 1 is 1.36 bits per heavy atom. The number of aliphatic hydroxyl groups is 1. The fourth-order valence-corrected chi connectivity index (χ4v) is 1.70. The molecule has 14 heavy (non-hydrogen) atoms. The Hall–Kier alpha value is -1.30. The van der Waals surface area contributed by atoms with Crippen LogP contribution in [0.4, 0.5) is 0 Å². The number of fused-ring (bicyclic) bond motifs is 1. The molecule has 1 heterocycles. The molecule has 0 amide bonds. The van der Waals surface area contributed by atoms with E-state index in [0.29, 0.717) is 0 Å². The number of aliphatic hydroxyl groups excluding tert-OH is 1. The first-order valence-electron chi connectivity index (χ1n) is 4.82. The summed E-state index contributed by atoms with van der Waals surface area (Å²) >= 11 is 0. The fourth-order valence-electron chi connectivity index (χ4n) is 1.70. The molecule has 1 aromatic carbocycles. The van der Waals surface area contributed by atoms with Gasteiger partial charge in [0.25, 0.3) is 0 Å². The topological polar surface area (TPSA) is 32.3 Å². The molecule has 2 nitrogen and oxygen atoms in total. The quantitative estimate of drug-likeness (QED) is 0.585. The monoisotopic (exact) mass is 187 g/mol. The summed E-state index contributed by atoms with van der Waals surface area (Å²) in [6, 6.07) is 6.26. The fraction of sp³-hybridized carbons (Fsp3) is 0.333. The Morgan fingerprint density at radius 3 is 3.14 bits per heavy atom. The van der Waals surface area contributed by atoms with Crippen molar-refractivity contribution in [2.24, 2.45) is 0 Å². The molecular weight excluding hydrogens is 174 g/mol. The zero-order valence-corrected chi connectivity index (χ0v) is 8.01. The van der Waals surface area contributed by atoms with Gasteiger partial charge in [0.15, 0.2) is 0 Å². The van der Waals surface area contributed by atoms with Gasteiger partial charge in [0.1, 0.15) is 6.61 Å². The van der Waals surface area contributed by atoms with Crippen molar-refractivity contribution in [2.75, 3.05) is 13.2 Å². The largest absolute Gasteiger partial charge is 0.384 e. The maximum atomic E-state index is 8.58. The summed E-state index contributed by atoms with van der Waals surface area (Å²) in [5, 5.41) is 11.9. The van der Waals surface area contributed by atoms with Crippen molar-refractivity contribution in [2.45, 2.75) is 13.0 Å². The van der Waals surface area contributed by atoms with Gasteiger partial charge < -0.3 is 10.4 Å². The third-order valence-electron chi connectivity index (χ3n) is 2.40. The van der Waals surface area contributed by atoms with Gasteiger partial charge in [-0.25, -0.2) is 0 Å². The molecule has 1 aromatic rings. The number of nitrogens with one attached hydrogen (secondary N) is 1. The number of rotatable bonds is 0. The van der Waals surface area contributed by atoms with E-state index in [9.17, 15) is 0 Å². The highest BCUT2D eigenvalue weighted by molar-refractivity contribution is 5.41. The highest BCUT2D eigenvalue weighted by Crippen LogP contribution is 2.15. The molecule has 2 rings (SSSR count). The normalized spacial score (nSPS) is 14.1. The maximum absolute atomic E-state index is 8.58. The van der Waals surface area contributed by atoms with Crippen LogP contribution in [0.2, 0.25) is 0 Å². The minimum atomic E-state index is -0.0741. The van der Waals surface area contributed by atoms with Gasteiger partial charge in [0.05, 0.1) is 0 Å². The molecule has 0 bridgehead atoms. The molecule has 0 saturated carbocycles. The summed E-state index contributed by atoms with van der Waals surface area (Å²) in [4.78, 5) is 0. The SMILES string of the molecule is OCC#Cc1ccc2c(c1)CNCC2. The number of hydrogen-bond acceptors (Lipinski definition) is 2. The van der Waals surface area contributed by atoms with E-state index < -0.39 is 0 Å². The number of benzene rings is 1. The van der Waals surface area contributed by atoms with Gasteiger partial charge in [0.2, 0.25) is 0 Å². The average molecular weight is 187 g/mol. The first kappa shape index (κ1) is 9.26. The van der Waals surface area contributed by atoms with Gasteiger partial charge in [-0.2, -0.15) is 0 Å². The molecule has 1 aliphatic heterocycles. The lowest BCUT2D eigenvalue weighted by atomic mass is 9.99. The second-order valence-corrected chi connectivity index (χ2v) is 3.37. The van der Waals surface area contributed by atoms with E-state index in [-0.39, 0.29) is 6.61 Å². The van der Waals surface area contributed by atoms with Crippen molar-refractivity contribution < 1.29 is 5.11 Å². The summed E-state index contributed by atoms with van der Waals surface area (Å²) in [6.07, 6.45) is 1.10. The lowest BCUT2D eigenvalue weighted by molar-refractivity contribution is 0.350. The van der Waals surface area contributed by atoms with Crippen molar-refractivity contribution in [3.8, 4) is 11.8 Å². The Kier molecular flexibility index (Phi) is 2.83. The summed E-state index contributed by atoms with van der Waals surface area (Å²) in [6.45, 7) is 1.92. The van der Waals surface area contributed by atoms with Crippen LogP contribution in [0.5, 0.6) is 0 Å². The molecule has 0 aliphatic carbocycles. The first-order chi connectivity index (χ1) is 6.90. The lowest BCUT2D eigenvalue weighted by Crippen LogP contribution is -2.23. The minimum Gasteiger partial charge on any atom is -0.384 e. The molecule has 0 radical (unpaired) electrons. The molecule has 1 aliphatic rings. The van der Waals surface area contributed by atoms with Crippen molar-refractivity contribution >= 4 is 0 Å². The molecule has 0 atom stereocenters. The Labute approximate surface area is 84.0 Å². The second-order valence-electron chi connectivity index (χ2n) is 3.37. The molecule has 0 aromatic heterocycles. The molecule has 0 spiro atoms. The van der Waals surface area contributed by atoms with Crippen LogP contribution in [-0.2, 0) is 13.0 Å². The van der Waals surface area contributed by atoms with Crippen LogP contribution in [0.15, 0.2) is 18.2 Å². The van der Waals surface area contributed by atoms with E-state index in [0.717, 1.165) is 25.1 Å². The van der Waals surface area contributed by atoms with Gasteiger partial charge in [-0.05, 0) is 36.2 Å². The van der Waals surface area contributed by atoms with Crippen molar-refractivity contribution in [3.63, 3.8) is 0 Å². The molecule has 2 N–H and O–H groups in total. The van der Waals surface area contributed by atoms with Gasteiger partial charge in [-0.3, -0.25) is 0 Å². The van der Waals surface area contributed by atoms with Crippen LogP contribution < -0.4 is 5.32 Å². The molecule has 0 saturated heterocycles. The first-order valence-corrected chi connectivity index (χ1v) is 4.82. The van der Waals surface area contributed by atoms with Crippen LogP contribution in [0.25, 0.3) is 0 Å². The van der Waals surface area contributed by atoms with E-state index >= 15 is 0 Å². The summed E-state index contributed by atoms with van der Waals surface area (Å²) in [7, 11) is 0. The zero-order valence-electron chi connectivity index (χ0n) is 8.01. The van der Waals surface area contributed by atoms with Crippen LogP contribution >= 0.6 is 0 Å². The Bertz CT molecular complexity index is 387. The van der Waals surface area contributed by atoms with Crippen molar-refractivity contribution in [1.29, 1.82) is 0 Å². The molecular formula is C12H13NO. The second kappa shape index (κ2) is 4.28. The zero-order chi connectivity index (χ0) is 9.80. The van der Waals surface area contributed by atoms with Crippen LogP contribution in [0, 0.1) is 11.8 Å². The van der Waals surface area contributed by atoms with E-state index in [1.165, 1.54) is 11.1 Å². The molecule has 2 heteroatoms. The summed E-state index contributed by atoms with van der Waals surface area (Å²) in [5.41, 5.74) is 3.74. The van der Waals surface area contributed by atoms with Gasteiger partial charge >= 0.3 is 0 Å². The molecule has 0 unspecified atom stereocenters. The molecule has 0 fully saturated rings. The smallest absolute Gasteiger partial charge is 0.104 e. The third kappa shape index (κ3) is 1.95. The minimum absolute atomic E-state index is 0.0741. The van der Waals surface area contributed by atoms with E-state index in [1.54, 1.807) is 0 Å².